The largest absolute Gasteiger partial charge is 0.302 e. The van der Waals surface area contributed by atoms with E-state index in [2.05, 4.69) is 18.3 Å². The predicted octanol–water partition coefficient (Wildman–Crippen LogP) is 1.29. The molecular formula is C8H14N2. The average molecular weight is 138 g/mol. The van der Waals surface area contributed by atoms with Gasteiger partial charge in [-0.1, -0.05) is 13.3 Å². The third-order valence-corrected chi connectivity index (χ3v) is 2.70. The molecule has 0 saturated heterocycles. The Morgan fingerprint density at radius 2 is 2.40 bits per heavy atom. The van der Waals surface area contributed by atoms with Crippen LogP contribution >= 0.6 is 0 Å². The van der Waals surface area contributed by atoms with Crippen LogP contribution in [0, 0.1) is 17.2 Å². The third kappa shape index (κ3) is 0.911. The van der Waals surface area contributed by atoms with E-state index in [4.69, 9.17) is 5.26 Å². The summed E-state index contributed by atoms with van der Waals surface area (Å²) >= 11 is 0. The van der Waals surface area contributed by atoms with E-state index in [1.807, 2.05) is 7.05 Å². The van der Waals surface area contributed by atoms with Crippen LogP contribution in [0.2, 0.25) is 0 Å². The van der Waals surface area contributed by atoms with E-state index < -0.39 is 0 Å². The molecule has 0 aromatic carbocycles. The Morgan fingerprint density at radius 1 is 1.70 bits per heavy atom. The van der Waals surface area contributed by atoms with Crippen molar-refractivity contribution >= 4 is 0 Å². The van der Waals surface area contributed by atoms with Crippen LogP contribution in [0.25, 0.3) is 0 Å². The molecule has 1 aliphatic rings. The lowest BCUT2D eigenvalue weighted by atomic mass is 9.90. The molecule has 0 bridgehead atoms. The van der Waals surface area contributed by atoms with E-state index in [1.165, 1.54) is 12.8 Å². The van der Waals surface area contributed by atoms with Crippen LogP contribution in [0.3, 0.4) is 0 Å². The van der Waals surface area contributed by atoms with Crippen LogP contribution < -0.4 is 5.32 Å². The third-order valence-electron chi connectivity index (χ3n) is 2.70. The molecular weight excluding hydrogens is 124 g/mol. The summed E-state index contributed by atoms with van der Waals surface area (Å²) in [5, 5.41) is 12.0. The smallest absolute Gasteiger partial charge is 0.109 e. The predicted molar refractivity (Wildman–Crippen MR) is 40.4 cm³/mol. The van der Waals surface area contributed by atoms with Crippen molar-refractivity contribution in [1.29, 1.82) is 5.26 Å². The SMILES string of the molecule is CN[C@@]1(C#N)CCC[C@@H]1C. The van der Waals surface area contributed by atoms with Gasteiger partial charge in [0.1, 0.15) is 5.54 Å². The Bertz CT molecular complexity index is 159. The second kappa shape index (κ2) is 2.59. The monoisotopic (exact) mass is 138 g/mol. The zero-order valence-electron chi connectivity index (χ0n) is 6.65. The average Bonchev–Trinajstić information content (AvgIpc) is 2.32. The lowest BCUT2D eigenvalue weighted by molar-refractivity contribution is 0.362. The molecule has 0 aromatic rings. The zero-order chi connectivity index (χ0) is 7.61. The van der Waals surface area contributed by atoms with Crippen molar-refractivity contribution in [2.45, 2.75) is 31.7 Å². The highest BCUT2D eigenvalue weighted by Crippen LogP contribution is 2.34. The summed E-state index contributed by atoms with van der Waals surface area (Å²) in [4.78, 5) is 0. The van der Waals surface area contributed by atoms with Crippen LogP contribution in [0.5, 0.6) is 0 Å². The first-order valence-electron chi connectivity index (χ1n) is 3.85. The molecule has 0 amide bonds. The van der Waals surface area contributed by atoms with Crippen molar-refractivity contribution in [3.63, 3.8) is 0 Å². The summed E-state index contributed by atoms with van der Waals surface area (Å²) in [5.41, 5.74) is -0.208. The van der Waals surface area contributed by atoms with Crippen molar-refractivity contribution in [2.75, 3.05) is 7.05 Å². The molecule has 0 aliphatic heterocycles. The Morgan fingerprint density at radius 3 is 2.60 bits per heavy atom. The first-order chi connectivity index (χ1) is 4.75. The highest BCUT2D eigenvalue weighted by Gasteiger charge is 2.38. The molecule has 2 atom stereocenters. The molecule has 2 heteroatoms. The van der Waals surface area contributed by atoms with Crippen LogP contribution in [-0.2, 0) is 0 Å². The summed E-state index contributed by atoms with van der Waals surface area (Å²) in [6, 6.07) is 2.37. The van der Waals surface area contributed by atoms with Gasteiger partial charge in [0, 0.05) is 0 Å². The quantitative estimate of drug-likeness (QED) is 0.592. The van der Waals surface area contributed by atoms with Crippen LogP contribution in [0.4, 0.5) is 0 Å². The fraction of sp³-hybridized carbons (Fsp3) is 0.875. The first-order valence-corrected chi connectivity index (χ1v) is 3.85. The molecule has 1 fully saturated rings. The Hall–Kier alpha value is -0.550. The van der Waals surface area contributed by atoms with Gasteiger partial charge < -0.3 is 5.32 Å². The number of hydrogen-bond acceptors (Lipinski definition) is 2. The molecule has 1 aliphatic carbocycles. The number of hydrogen-bond donors (Lipinski definition) is 1. The van der Waals surface area contributed by atoms with Gasteiger partial charge in [0.25, 0.3) is 0 Å². The molecule has 1 saturated carbocycles. The fourth-order valence-corrected chi connectivity index (χ4v) is 1.77. The summed E-state index contributed by atoms with van der Waals surface area (Å²) in [6.07, 6.45) is 3.39. The number of nitriles is 1. The summed E-state index contributed by atoms with van der Waals surface area (Å²) in [6.45, 7) is 2.15. The standard InChI is InChI=1S/C8H14N2/c1-7-4-3-5-8(7,6-9)10-2/h7,10H,3-5H2,1-2H3/t7-,8+/m0/s1. The molecule has 1 rings (SSSR count). The normalized spacial score (nSPS) is 39.5. The number of nitrogens with one attached hydrogen (secondary N) is 1. The van der Waals surface area contributed by atoms with E-state index >= 15 is 0 Å². The summed E-state index contributed by atoms with van der Waals surface area (Å²) < 4.78 is 0. The Labute approximate surface area is 62.2 Å². The number of nitrogens with zero attached hydrogens (tertiary/aromatic N) is 1. The first kappa shape index (κ1) is 7.56. The highest BCUT2D eigenvalue weighted by molar-refractivity contribution is 5.12. The van der Waals surface area contributed by atoms with Gasteiger partial charge >= 0.3 is 0 Å². The maximum absolute atomic E-state index is 8.87. The maximum Gasteiger partial charge on any atom is 0.109 e. The lowest BCUT2D eigenvalue weighted by Gasteiger charge is -2.24. The zero-order valence-corrected chi connectivity index (χ0v) is 6.65. The van der Waals surface area contributed by atoms with Crippen LogP contribution in [0.1, 0.15) is 26.2 Å². The second-order valence-electron chi connectivity index (χ2n) is 3.13. The van der Waals surface area contributed by atoms with E-state index in [-0.39, 0.29) is 5.54 Å². The van der Waals surface area contributed by atoms with Crippen molar-refractivity contribution in [2.24, 2.45) is 5.92 Å². The van der Waals surface area contributed by atoms with Crippen molar-refractivity contribution in [3.8, 4) is 6.07 Å². The molecule has 0 radical (unpaired) electrons. The minimum Gasteiger partial charge on any atom is -0.302 e. The van der Waals surface area contributed by atoms with Gasteiger partial charge in [-0.25, -0.2) is 0 Å². The van der Waals surface area contributed by atoms with E-state index in [9.17, 15) is 0 Å². The van der Waals surface area contributed by atoms with E-state index in [0.717, 1.165) is 6.42 Å². The van der Waals surface area contributed by atoms with Gasteiger partial charge in [0.2, 0.25) is 0 Å². The number of rotatable bonds is 1. The summed E-state index contributed by atoms with van der Waals surface area (Å²) in [7, 11) is 1.88. The second-order valence-corrected chi connectivity index (χ2v) is 3.13. The molecule has 0 heterocycles. The van der Waals surface area contributed by atoms with Crippen molar-refractivity contribution in [3.05, 3.63) is 0 Å². The highest BCUT2D eigenvalue weighted by atomic mass is 15.0. The fourth-order valence-electron chi connectivity index (χ4n) is 1.77. The lowest BCUT2D eigenvalue weighted by Crippen LogP contribution is -2.43. The minimum absolute atomic E-state index is 0.208. The van der Waals surface area contributed by atoms with Gasteiger partial charge in [0.05, 0.1) is 6.07 Å². The molecule has 2 nitrogen and oxygen atoms in total. The summed E-state index contributed by atoms with van der Waals surface area (Å²) in [5.74, 6) is 0.516. The maximum atomic E-state index is 8.87. The van der Waals surface area contributed by atoms with Crippen molar-refractivity contribution in [1.82, 2.24) is 5.32 Å². The molecule has 10 heavy (non-hydrogen) atoms. The Kier molecular flexibility index (Phi) is 1.96. The molecule has 0 unspecified atom stereocenters. The van der Waals surface area contributed by atoms with Crippen molar-refractivity contribution < 1.29 is 0 Å². The van der Waals surface area contributed by atoms with Gasteiger partial charge in [-0.2, -0.15) is 5.26 Å². The van der Waals surface area contributed by atoms with E-state index in [0.29, 0.717) is 5.92 Å². The molecule has 56 valence electrons. The van der Waals surface area contributed by atoms with E-state index in [1.54, 1.807) is 0 Å². The molecule has 0 aromatic heterocycles. The topological polar surface area (TPSA) is 35.8 Å². The van der Waals surface area contributed by atoms with Gasteiger partial charge in [0.15, 0.2) is 0 Å². The molecule has 0 spiro atoms. The van der Waals surface area contributed by atoms with Gasteiger partial charge in [-0.15, -0.1) is 0 Å². The Balaban J connectivity index is 2.74. The van der Waals surface area contributed by atoms with Crippen LogP contribution in [0.15, 0.2) is 0 Å². The minimum atomic E-state index is -0.208. The van der Waals surface area contributed by atoms with Gasteiger partial charge in [-0.05, 0) is 25.8 Å². The molecule has 1 N–H and O–H groups in total. The van der Waals surface area contributed by atoms with Gasteiger partial charge in [-0.3, -0.25) is 0 Å². The van der Waals surface area contributed by atoms with Crippen LogP contribution in [-0.4, -0.2) is 12.6 Å².